The fourth-order valence-corrected chi connectivity index (χ4v) is 2.78. The van der Waals surface area contributed by atoms with Crippen LogP contribution in [0.1, 0.15) is 12.8 Å². The number of nitrogens with one attached hydrogen (secondary N) is 2. The lowest BCUT2D eigenvalue weighted by molar-refractivity contribution is -0.117. The predicted molar refractivity (Wildman–Crippen MR) is 85.3 cm³/mol. The molecule has 1 aliphatic rings. The molecule has 124 valence electrons. The average molecular weight is 334 g/mol. The molecule has 1 saturated heterocycles. The fourth-order valence-electron chi connectivity index (χ4n) is 2.78. The second-order valence-corrected chi connectivity index (χ2v) is 5.51. The Morgan fingerprint density at radius 3 is 2.64 bits per heavy atom. The maximum Gasteiger partial charge on any atom is 0.238 e. The Balaban J connectivity index is 0.00000242. The number of halogens is 3. The molecule has 0 bridgehead atoms. The van der Waals surface area contributed by atoms with Gasteiger partial charge in [-0.1, -0.05) is 0 Å². The number of carbonyl (C=O) groups is 1. The van der Waals surface area contributed by atoms with Crippen LogP contribution in [0.4, 0.5) is 14.5 Å². The number of rotatable bonds is 5. The quantitative estimate of drug-likeness (QED) is 0.868. The number of piperidine rings is 1. The Bertz CT molecular complexity index is 479. The number of hydrogen-bond donors (Lipinski definition) is 2. The van der Waals surface area contributed by atoms with E-state index in [2.05, 4.69) is 15.5 Å². The lowest BCUT2D eigenvalue weighted by Gasteiger charge is -2.32. The molecule has 4 nitrogen and oxygen atoms in total. The van der Waals surface area contributed by atoms with Crippen LogP contribution in [-0.2, 0) is 4.79 Å². The molecule has 1 unspecified atom stereocenters. The standard InChI is InChI=1S/C15H21F2N3O.ClH/c1-18-8-11-3-2-4-20(9-11)10-15(21)19-14-6-12(16)5-13(17)7-14;/h5-7,11,18H,2-4,8-10H2,1H3,(H,19,21);1H. The van der Waals surface area contributed by atoms with Gasteiger partial charge in [0.1, 0.15) is 11.6 Å². The van der Waals surface area contributed by atoms with Crippen molar-refractivity contribution in [2.24, 2.45) is 5.92 Å². The minimum absolute atomic E-state index is 0. The fraction of sp³-hybridized carbons (Fsp3) is 0.533. The van der Waals surface area contributed by atoms with E-state index in [0.29, 0.717) is 5.92 Å². The number of hydrogen-bond acceptors (Lipinski definition) is 3. The van der Waals surface area contributed by atoms with Crippen molar-refractivity contribution < 1.29 is 13.6 Å². The van der Waals surface area contributed by atoms with Gasteiger partial charge < -0.3 is 10.6 Å². The minimum atomic E-state index is -0.697. The van der Waals surface area contributed by atoms with Gasteiger partial charge in [0.05, 0.1) is 6.54 Å². The second kappa shape index (κ2) is 9.02. The van der Waals surface area contributed by atoms with Gasteiger partial charge in [0.25, 0.3) is 0 Å². The molecule has 2 N–H and O–H groups in total. The lowest BCUT2D eigenvalue weighted by Crippen LogP contribution is -2.42. The summed E-state index contributed by atoms with van der Waals surface area (Å²) >= 11 is 0. The van der Waals surface area contributed by atoms with Crippen molar-refractivity contribution in [2.45, 2.75) is 12.8 Å². The molecule has 1 heterocycles. The highest BCUT2D eigenvalue weighted by atomic mass is 35.5. The molecule has 0 radical (unpaired) electrons. The molecular formula is C15H22ClF2N3O. The molecule has 1 aromatic rings. The number of carbonyl (C=O) groups excluding carboxylic acids is 1. The van der Waals surface area contributed by atoms with Crippen LogP contribution in [0.2, 0.25) is 0 Å². The SMILES string of the molecule is CNCC1CCCN(CC(=O)Nc2cc(F)cc(F)c2)C1.Cl. The zero-order valence-electron chi connectivity index (χ0n) is 12.6. The Morgan fingerprint density at radius 2 is 2.00 bits per heavy atom. The van der Waals surface area contributed by atoms with E-state index >= 15 is 0 Å². The Labute approximate surface area is 135 Å². The van der Waals surface area contributed by atoms with Crippen LogP contribution >= 0.6 is 12.4 Å². The molecule has 1 aliphatic heterocycles. The molecular weight excluding hydrogens is 312 g/mol. The first-order valence-electron chi connectivity index (χ1n) is 7.19. The van der Waals surface area contributed by atoms with E-state index in [0.717, 1.165) is 50.7 Å². The van der Waals surface area contributed by atoms with Crippen LogP contribution in [0.25, 0.3) is 0 Å². The molecule has 0 spiro atoms. The molecule has 1 atom stereocenters. The highest BCUT2D eigenvalue weighted by Gasteiger charge is 2.21. The number of benzene rings is 1. The van der Waals surface area contributed by atoms with Crippen LogP contribution in [0.15, 0.2) is 18.2 Å². The minimum Gasteiger partial charge on any atom is -0.325 e. The summed E-state index contributed by atoms with van der Waals surface area (Å²) in [6, 6.07) is 3.00. The zero-order valence-corrected chi connectivity index (χ0v) is 13.4. The Hall–Kier alpha value is -1.24. The molecule has 0 aliphatic carbocycles. The molecule has 22 heavy (non-hydrogen) atoms. The molecule has 1 amide bonds. The van der Waals surface area contributed by atoms with Crippen molar-refractivity contribution in [1.82, 2.24) is 10.2 Å². The third-order valence-corrected chi connectivity index (χ3v) is 3.61. The van der Waals surface area contributed by atoms with Gasteiger partial charge in [-0.2, -0.15) is 0 Å². The highest BCUT2D eigenvalue weighted by Crippen LogP contribution is 2.16. The van der Waals surface area contributed by atoms with E-state index in [-0.39, 0.29) is 30.5 Å². The van der Waals surface area contributed by atoms with Crippen molar-refractivity contribution in [3.8, 4) is 0 Å². The van der Waals surface area contributed by atoms with Crippen molar-refractivity contribution in [2.75, 3.05) is 38.5 Å². The van der Waals surface area contributed by atoms with Crippen molar-refractivity contribution >= 4 is 24.0 Å². The third kappa shape index (κ3) is 5.87. The van der Waals surface area contributed by atoms with Gasteiger partial charge >= 0.3 is 0 Å². The van der Waals surface area contributed by atoms with Crippen molar-refractivity contribution in [3.05, 3.63) is 29.8 Å². The molecule has 7 heteroatoms. The summed E-state index contributed by atoms with van der Waals surface area (Å²) < 4.78 is 26.1. The summed E-state index contributed by atoms with van der Waals surface area (Å²) in [5.41, 5.74) is 0.154. The highest BCUT2D eigenvalue weighted by molar-refractivity contribution is 5.92. The number of nitrogens with zero attached hydrogens (tertiary/aromatic N) is 1. The number of likely N-dealkylation sites (tertiary alicyclic amines) is 1. The smallest absolute Gasteiger partial charge is 0.238 e. The Kier molecular flexibility index (Phi) is 7.72. The summed E-state index contributed by atoms with van der Waals surface area (Å²) in [5, 5.41) is 5.69. The average Bonchev–Trinajstić information content (AvgIpc) is 2.37. The summed E-state index contributed by atoms with van der Waals surface area (Å²) in [5.74, 6) is -1.09. The van der Waals surface area contributed by atoms with E-state index in [1.54, 1.807) is 0 Å². The third-order valence-electron chi connectivity index (χ3n) is 3.61. The molecule has 0 saturated carbocycles. The van der Waals surface area contributed by atoms with Gasteiger partial charge in [0.2, 0.25) is 5.91 Å². The van der Waals surface area contributed by atoms with Gasteiger partial charge in [-0.05, 0) is 51.0 Å². The number of amides is 1. The predicted octanol–water partition coefficient (Wildman–Crippen LogP) is 2.26. The van der Waals surface area contributed by atoms with E-state index in [1.807, 2.05) is 7.05 Å². The topological polar surface area (TPSA) is 44.4 Å². The first kappa shape index (κ1) is 18.8. The van der Waals surface area contributed by atoms with E-state index in [1.165, 1.54) is 0 Å². The zero-order chi connectivity index (χ0) is 15.2. The number of anilines is 1. The van der Waals surface area contributed by atoms with E-state index in [9.17, 15) is 13.6 Å². The van der Waals surface area contributed by atoms with Crippen LogP contribution < -0.4 is 10.6 Å². The van der Waals surface area contributed by atoms with Crippen LogP contribution in [0.5, 0.6) is 0 Å². The van der Waals surface area contributed by atoms with Crippen LogP contribution in [0, 0.1) is 17.6 Å². The molecule has 1 aromatic carbocycles. The van der Waals surface area contributed by atoms with Gasteiger partial charge in [-0.3, -0.25) is 9.69 Å². The van der Waals surface area contributed by atoms with Gasteiger partial charge in [-0.15, -0.1) is 12.4 Å². The molecule has 0 aromatic heterocycles. The molecule has 2 rings (SSSR count). The first-order chi connectivity index (χ1) is 10.1. The summed E-state index contributed by atoms with van der Waals surface area (Å²) in [6.07, 6.45) is 2.22. The largest absolute Gasteiger partial charge is 0.325 e. The van der Waals surface area contributed by atoms with E-state index < -0.39 is 11.6 Å². The normalized spacial score (nSPS) is 18.6. The van der Waals surface area contributed by atoms with E-state index in [4.69, 9.17) is 0 Å². The van der Waals surface area contributed by atoms with Gasteiger partial charge in [-0.25, -0.2) is 8.78 Å². The summed E-state index contributed by atoms with van der Waals surface area (Å²) in [7, 11) is 1.92. The van der Waals surface area contributed by atoms with Crippen molar-refractivity contribution in [3.63, 3.8) is 0 Å². The van der Waals surface area contributed by atoms with Gasteiger partial charge in [0.15, 0.2) is 0 Å². The summed E-state index contributed by atoms with van der Waals surface area (Å²) in [6.45, 7) is 2.93. The summed E-state index contributed by atoms with van der Waals surface area (Å²) in [4.78, 5) is 14.0. The van der Waals surface area contributed by atoms with Crippen LogP contribution in [0.3, 0.4) is 0 Å². The molecule has 1 fully saturated rings. The maximum atomic E-state index is 13.1. The Morgan fingerprint density at radius 1 is 1.32 bits per heavy atom. The lowest BCUT2D eigenvalue weighted by atomic mass is 9.98. The monoisotopic (exact) mass is 333 g/mol. The maximum absolute atomic E-state index is 13.1. The first-order valence-corrected chi connectivity index (χ1v) is 7.19. The van der Waals surface area contributed by atoms with Crippen molar-refractivity contribution in [1.29, 1.82) is 0 Å². The van der Waals surface area contributed by atoms with Gasteiger partial charge in [0, 0.05) is 18.3 Å². The second-order valence-electron chi connectivity index (χ2n) is 5.51. The van der Waals surface area contributed by atoms with Crippen LogP contribution in [-0.4, -0.2) is 44.0 Å².